The van der Waals surface area contributed by atoms with Crippen LogP contribution in [-0.2, 0) is 17.1 Å². The van der Waals surface area contributed by atoms with E-state index < -0.39 is 5.54 Å². The molecule has 0 radical (unpaired) electrons. The molecule has 1 N–H and O–H groups in total. The molecule has 3 rings (SSSR count). The number of hydrogen-bond acceptors (Lipinski definition) is 4. The number of benzene rings is 1. The van der Waals surface area contributed by atoms with Gasteiger partial charge in [-0.25, -0.2) is 4.68 Å². The maximum Gasteiger partial charge on any atom is 0.251 e. The summed E-state index contributed by atoms with van der Waals surface area (Å²) >= 11 is 9.26. The molecule has 0 spiro atoms. The summed E-state index contributed by atoms with van der Waals surface area (Å²) < 4.78 is 9.74. The number of carbonyl (C=O) groups is 1. The van der Waals surface area contributed by atoms with Crippen molar-refractivity contribution < 1.29 is 9.53 Å². The van der Waals surface area contributed by atoms with Gasteiger partial charge in [-0.1, -0.05) is 27.5 Å². The van der Waals surface area contributed by atoms with Gasteiger partial charge in [0.2, 0.25) is 0 Å². The molecule has 3 aromatic rings. The third kappa shape index (κ3) is 4.25. The van der Waals surface area contributed by atoms with Gasteiger partial charge < -0.3 is 10.1 Å². The molecule has 136 valence electrons. The average molecular weight is 439 g/mol. The van der Waals surface area contributed by atoms with Gasteiger partial charge in [-0.05, 0) is 38.1 Å². The number of rotatable bonds is 6. The maximum absolute atomic E-state index is 12.6. The van der Waals surface area contributed by atoms with Gasteiger partial charge in [0.15, 0.2) is 6.73 Å². The first-order valence-corrected chi connectivity index (χ1v) is 8.94. The predicted molar refractivity (Wildman–Crippen MR) is 102 cm³/mol. The van der Waals surface area contributed by atoms with E-state index in [4.69, 9.17) is 16.3 Å². The molecule has 9 heteroatoms. The third-order valence-electron chi connectivity index (χ3n) is 3.75. The van der Waals surface area contributed by atoms with Crippen LogP contribution in [0.15, 0.2) is 53.5 Å². The van der Waals surface area contributed by atoms with Crippen LogP contribution in [0.4, 0.5) is 5.69 Å². The largest absolute Gasteiger partial charge is 0.471 e. The van der Waals surface area contributed by atoms with Gasteiger partial charge in [-0.3, -0.25) is 9.48 Å². The number of anilines is 1. The van der Waals surface area contributed by atoms with E-state index in [2.05, 4.69) is 31.4 Å². The lowest BCUT2D eigenvalue weighted by molar-refractivity contribution is -0.123. The summed E-state index contributed by atoms with van der Waals surface area (Å²) in [4.78, 5) is 12.6. The number of carbonyl (C=O) groups excluding carboxylic acids is 1. The molecular weight excluding hydrogens is 422 g/mol. The van der Waals surface area contributed by atoms with E-state index in [9.17, 15) is 4.79 Å². The zero-order valence-electron chi connectivity index (χ0n) is 14.2. The van der Waals surface area contributed by atoms with Crippen molar-refractivity contribution in [2.75, 3.05) is 5.32 Å². The van der Waals surface area contributed by atoms with Gasteiger partial charge in [0.25, 0.3) is 5.91 Å². The minimum atomic E-state index is -0.900. The Bertz CT molecular complexity index is 904. The van der Waals surface area contributed by atoms with E-state index in [-0.39, 0.29) is 12.6 Å². The second-order valence-electron chi connectivity index (χ2n) is 6.11. The maximum atomic E-state index is 12.6. The Kier molecular flexibility index (Phi) is 5.33. The van der Waals surface area contributed by atoms with Gasteiger partial charge in [-0.15, -0.1) is 0 Å². The summed E-state index contributed by atoms with van der Waals surface area (Å²) in [6.07, 6.45) is 6.36. The van der Waals surface area contributed by atoms with Crippen LogP contribution < -0.4 is 10.1 Å². The second-order valence-corrected chi connectivity index (χ2v) is 7.46. The Morgan fingerprint density at radius 2 is 1.96 bits per heavy atom. The number of nitrogens with one attached hydrogen (secondary N) is 1. The molecule has 1 aromatic carbocycles. The van der Waals surface area contributed by atoms with Crippen molar-refractivity contribution in [3.8, 4) is 5.75 Å². The standard InChI is InChI=1S/C17H17BrClN5O2/c1-17(2,24-9-13(19)7-21-24)16(25)22-14-8-20-23(10-14)11-26-15-5-3-12(18)4-6-15/h3-10H,11H2,1-2H3,(H,22,25). The number of aromatic nitrogens is 4. The SMILES string of the molecule is CC(C)(C(=O)Nc1cnn(COc2ccc(Br)cc2)c1)n1cc(Cl)cn1. The number of ether oxygens (including phenoxy) is 1. The van der Waals surface area contributed by atoms with Crippen LogP contribution in [-0.4, -0.2) is 25.5 Å². The van der Waals surface area contributed by atoms with Crippen molar-refractivity contribution in [1.82, 2.24) is 19.6 Å². The quantitative estimate of drug-likeness (QED) is 0.633. The smallest absolute Gasteiger partial charge is 0.251 e. The lowest BCUT2D eigenvalue weighted by Gasteiger charge is -2.23. The zero-order chi connectivity index (χ0) is 18.7. The summed E-state index contributed by atoms with van der Waals surface area (Å²) in [7, 11) is 0. The Balaban J connectivity index is 1.60. The van der Waals surface area contributed by atoms with Crippen molar-refractivity contribution in [3.05, 3.63) is 58.5 Å². The third-order valence-corrected chi connectivity index (χ3v) is 4.47. The van der Waals surface area contributed by atoms with Crippen LogP contribution >= 0.6 is 27.5 Å². The van der Waals surface area contributed by atoms with Crippen LogP contribution in [0.5, 0.6) is 5.75 Å². The first-order valence-electron chi connectivity index (χ1n) is 7.77. The summed E-state index contributed by atoms with van der Waals surface area (Å²) in [5.41, 5.74) is -0.330. The lowest BCUT2D eigenvalue weighted by atomic mass is 10.1. The van der Waals surface area contributed by atoms with Gasteiger partial charge in [0.1, 0.15) is 11.3 Å². The molecule has 0 saturated carbocycles. The van der Waals surface area contributed by atoms with Crippen molar-refractivity contribution >= 4 is 39.1 Å². The monoisotopic (exact) mass is 437 g/mol. The molecule has 2 heterocycles. The highest BCUT2D eigenvalue weighted by Crippen LogP contribution is 2.20. The molecule has 1 amide bonds. The van der Waals surface area contributed by atoms with Gasteiger partial charge in [0.05, 0.1) is 29.3 Å². The molecule has 7 nitrogen and oxygen atoms in total. The number of hydrogen-bond donors (Lipinski definition) is 1. The molecule has 0 aliphatic carbocycles. The fraction of sp³-hybridized carbons (Fsp3) is 0.235. The summed E-state index contributed by atoms with van der Waals surface area (Å²) in [6, 6.07) is 7.50. The molecule has 0 fully saturated rings. The first-order chi connectivity index (χ1) is 12.3. The molecular formula is C17H17BrClN5O2. The number of halogens is 2. The molecule has 0 bridgehead atoms. The fourth-order valence-corrected chi connectivity index (χ4v) is 2.57. The number of amides is 1. The van der Waals surface area contributed by atoms with E-state index in [0.717, 1.165) is 10.2 Å². The minimum Gasteiger partial charge on any atom is -0.471 e. The van der Waals surface area contributed by atoms with Crippen LogP contribution in [0.3, 0.4) is 0 Å². The van der Waals surface area contributed by atoms with E-state index in [1.165, 1.54) is 10.9 Å². The van der Waals surface area contributed by atoms with E-state index in [0.29, 0.717) is 10.7 Å². The summed E-state index contributed by atoms with van der Waals surface area (Å²) in [5.74, 6) is 0.497. The average Bonchev–Trinajstić information content (AvgIpc) is 3.23. The zero-order valence-corrected chi connectivity index (χ0v) is 16.5. The second kappa shape index (κ2) is 7.51. The first kappa shape index (κ1) is 18.5. The van der Waals surface area contributed by atoms with Gasteiger partial charge in [-0.2, -0.15) is 10.2 Å². The van der Waals surface area contributed by atoms with Crippen molar-refractivity contribution in [2.45, 2.75) is 26.1 Å². The Hall–Kier alpha value is -2.32. The number of nitrogens with zero attached hydrogens (tertiary/aromatic N) is 4. The molecule has 26 heavy (non-hydrogen) atoms. The van der Waals surface area contributed by atoms with E-state index in [1.54, 1.807) is 37.1 Å². The predicted octanol–water partition coefficient (Wildman–Crippen LogP) is 3.91. The fourth-order valence-electron chi connectivity index (χ4n) is 2.16. The molecule has 2 aromatic heterocycles. The van der Waals surface area contributed by atoms with Crippen molar-refractivity contribution in [1.29, 1.82) is 0 Å². The normalized spacial score (nSPS) is 11.4. The topological polar surface area (TPSA) is 74.0 Å². The van der Waals surface area contributed by atoms with Crippen molar-refractivity contribution in [3.63, 3.8) is 0 Å². The Labute approximate surface area is 164 Å². The summed E-state index contributed by atoms with van der Waals surface area (Å²) in [5, 5.41) is 11.6. The van der Waals surface area contributed by atoms with Crippen LogP contribution in [0.25, 0.3) is 0 Å². The Morgan fingerprint density at radius 3 is 2.62 bits per heavy atom. The van der Waals surface area contributed by atoms with Crippen LogP contribution in [0.1, 0.15) is 13.8 Å². The summed E-state index contributed by atoms with van der Waals surface area (Å²) in [6.45, 7) is 3.75. The molecule has 0 saturated heterocycles. The highest BCUT2D eigenvalue weighted by molar-refractivity contribution is 9.10. The molecule has 0 aliphatic rings. The molecule has 0 aliphatic heterocycles. The molecule has 0 unspecified atom stereocenters. The highest BCUT2D eigenvalue weighted by atomic mass is 79.9. The molecule has 0 atom stereocenters. The van der Waals surface area contributed by atoms with Gasteiger partial charge in [0, 0.05) is 10.7 Å². The lowest BCUT2D eigenvalue weighted by Crippen LogP contribution is -2.40. The Morgan fingerprint density at radius 1 is 1.23 bits per heavy atom. The van der Waals surface area contributed by atoms with E-state index in [1.807, 2.05) is 24.3 Å². The van der Waals surface area contributed by atoms with Gasteiger partial charge >= 0.3 is 0 Å². The van der Waals surface area contributed by atoms with E-state index >= 15 is 0 Å². The minimum absolute atomic E-state index is 0.231. The van der Waals surface area contributed by atoms with Crippen LogP contribution in [0.2, 0.25) is 5.02 Å². The van der Waals surface area contributed by atoms with Crippen LogP contribution in [0, 0.1) is 0 Å². The highest BCUT2D eigenvalue weighted by Gasteiger charge is 2.31. The van der Waals surface area contributed by atoms with Crippen molar-refractivity contribution in [2.24, 2.45) is 0 Å².